The number of carbonyl (C=O) groups excluding carboxylic acids is 1. The quantitative estimate of drug-likeness (QED) is 0.777. The molecular weight excluding hydrogens is 228 g/mol. The third-order valence-electron chi connectivity index (χ3n) is 2.53. The highest BCUT2D eigenvalue weighted by Gasteiger charge is 2.22. The van der Waals surface area contributed by atoms with Gasteiger partial charge in [-0.25, -0.2) is 4.98 Å². The summed E-state index contributed by atoms with van der Waals surface area (Å²) in [6.45, 7) is 1.39. The van der Waals surface area contributed by atoms with Crippen LogP contribution in [-0.2, 0) is 0 Å². The monoisotopic (exact) mass is 242 g/mol. The average Bonchev–Trinajstić information content (AvgIpc) is 2.29. The first-order valence-electron chi connectivity index (χ1n) is 5.08. The lowest BCUT2D eigenvalue weighted by molar-refractivity contribution is 0.0702. The van der Waals surface area contributed by atoms with Crippen LogP contribution >= 0.6 is 12.4 Å². The van der Waals surface area contributed by atoms with Crippen LogP contribution in [-0.4, -0.2) is 39.9 Å². The van der Waals surface area contributed by atoms with Gasteiger partial charge in [0.1, 0.15) is 5.69 Å². The first-order valence-corrected chi connectivity index (χ1v) is 5.08. The lowest BCUT2D eigenvalue weighted by atomic mass is 10.1. The standard InChI is InChI=1S/C10H14N4O.ClH/c11-8-2-1-5-14(7-8)10(15)9-6-12-3-4-13-9;/h3-4,6,8H,1-2,5,7,11H2;1H. The van der Waals surface area contributed by atoms with Crippen molar-refractivity contribution in [3.8, 4) is 0 Å². The fraction of sp³-hybridized carbons (Fsp3) is 0.500. The first kappa shape index (κ1) is 12.9. The summed E-state index contributed by atoms with van der Waals surface area (Å²) in [5.74, 6) is -0.0711. The summed E-state index contributed by atoms with van der Waals surface area (Å²) in [6.07, 6.45) is 6.52. The predicted octanol–water partition coefficient (Wildman–Crippen LogP) is 0.462. The molecule has 1 aliphatic rings. The van der Waals surface area contributed by atoms with E-state index in [1.807, 2.05) is 0 Å². The highest BCUT2D eigenvalue weighted by Crippen LogP contribution is 2.10. The molecule has 16 heavy (non-hydrogen) atoms. The molecule has 0 radical (unpaired) electrons. The van der Waals surface area contributed by atoms with E-state index >= 15 is 0 Å². The Hall–Kier alpha value is -1.20. The number of rotatable bonds is 1. The number of aromatic nitrogens is 2. The highest BCUT2D eigenvalue weighted by molar-refractivity contribution is 5.92. The summed E-state index contributed by atoms with van der Waals surface area (Å²) in [7, 11) is 0. The molecule has 5 nitrogen and oxygen atoms in total. The van der Waals surface area contributed by atoms with Crippen molar-refractivity contribution in [3.63, 3.8) is 0 Å². The van der Waals surface area contributed by atoms with Gasteiger partial charge in [0.25, 0.3) is 5.91 Å². The maximum Gasteiger partial charge on any atom is 0.274 e. The summed E-state index contributed by atoms with van der Waals surface area (Å²) in [4.78, 5) is 21.5. The van der Waals surface area contributed by atoms with Crippen molar-refractivity contribution >= 4 is 18.3 Å². The molecule has 2 heterocycles. The van der Waals surface area contributed by atoms with Crippen LogP contribution in [0.1, 0.15) is 23.3 Å². The molecule has 2 rings (SSSR count). The molecule has 0 spiro atoms. The number of hydrogen-bond donors (Lipinski definition) is 1. The average molecular weight is 243 g/mol. The van der Waals surface area contributed by atoms with Gasteiger partial charge in [-0.1, -0.05) is 0 Å². The normalized spacial score (nSPS) is 20.1. The number of nitrogens with zero attached hydrogens (tertiary/aromatic N) is 3. The van der Waals surface area contributed by atoms with E-state index in [-0.39, 0.29) is 24.4 Å². The fourth-order valence-electron chi connectivity index (χ4n) is 1.77. The van der Waals surface area contributed by atoms with Gasteiger partial charge in [0, 0.05) is 31.5 Å². The Bertz CT molecular complexity index is 346. The predicted molar refractivity (Wildman–Crippen MR) is 62.4 cm³/mol. The highest BCUT2D eigenvalue weighted by atomic mass is 35.5. The molecule has 1 amide bonds. The van der Waals surface area contributed by atoms with E-state index in [9.17, 15) is 4.79 Å². The Balaban J connectivity index is 0.00000128. The van der Waals surface area contributed by atoms with E-state index in [0.717, 1.165) is 19.4 Å². The maximum atomic E-state index is 11.9. The molecule has 0 aromatic carbocycles. The molecule has 1 aromatic rings. The summed E-state index contributed by atoms with van der Waals surface area (Å²) < 4.78 is 0. The summed E-state index contributed by atoms with van der Waals surface area (Å²) >= 11 is 0. The number of carbonyl (C=O) groups is 1. The second-order valence-corrected chi connectivity index (χ2v) is 3.74. The topological polar surface area (TPSA) is 72.1 Å². The van der Waals surface area contributed by atoms with Crippen LogP contribution in [0.15, 0.2) is 18.6 Å². The number of nitrogens with two attached hydrogens (primary N) is 1. The number of hydrogen-bond acceptors (Lipinski definition) is 4. The van der Waals surface area contributed by atoms with Gasteiger partial charge in [0.15, 0.2) is 0 Å². The molecule has 0 aliphatic carbocycles. The fourth-order valence-corrected chi connectivity index (χ4v) is 1.77. The SMILES string of the molecule is Cl.NC1CCCN(C(=O)c2cnccn2)C1. The van der Waals surface area contributed by atoms with Gasteiger partial charge in [-0.05, 0) is 12.8 Å². The Morgan fingerprint density at radius 3 is 2.94 bits per heavy atom. The van der Waals surface area contributed by atoms with Crippen LogP contribution in [0.2, 0.25) is 0 Å². The lowest BCUT2D eigenvalue weighted by Gasteiger charge is -2.30. The van der Waals surface area contributed by atoms with Crippen LogP contribution in [0.5, 0.6) is 0 Å². The Morgan fingerprint density at radius 1 is 1.50 bits per heavy atom. The van der Waals surface area contributed by atoms with Crippen LogP contribution in [0.25, 0.3) is 0 Å². The zero-order valence-corrected chi connectivity index (χ0v) is 9.69. The number of piperidine rings is 1. The van der Waals surface area contributed by atoms with Crippen molar-refractivity contribution in [2.75, 3.05) is 13.1 Å². The molecule has 6 heteroatoms. The third-order valence-corrected chi connectivity index (χ3v) is 2.53. The zero-order chi connectivity index (χ0) is 10.7. The van der Waals surface area contributed by atoms with Crippen molar-refractivity contribution in [1.29, 1.82) is 0 Å². The summed E-state index contributed by atoms with van der Waals surface area (Å²) in [5.41, 5.74) is 6.21. The van der Waals surface area contributed by atoms with E-state index < -0.39 is 0 Å². The Morgan fingerprint density at radius 2 is 2.31 bits per heavy atom. The molecule has 0 bridgehead atoms. The molecule has 1 aliphatic heterocycles. The van der Waals surface area contributed by atoms with Crippen LogP contribution < -0.4 is 5.73 Å². The minimum Gasteiger partial charge on any atom is -0.336 e. The maximum absolute atomic E-state index is 11.9. The van der Waals surface area contributed by atoms with Crippen molar-refractivity contribution < 1.29 is 4.79 Å². The first-order chi connectivity index (χ1) is 7.27. The van der Waals surface area contributed by atoms with Gasteiger partial charge in [-0.2, -0.15) is 0 Å². The Kier molecular flexibility index (Phi) is 4.64. The van der Waals surface area contributed by atoms with E-state index in [1.165, 1.54) is 12.4 Å². The van der Waals surface area contributed by atoms with Gasteiger partial charge >= 0.3 is 0 Å². The van der Waals surface area contributed by atoms with Crippen LogP contribution in [0, 0.1) is 0 Å². The minimum absolute atomic E-state index is 0. The molecule has 2 N–H and O–H groups in total. The van der Waals surface area contributed by atoms with Crippen LogP contribution in [0.4, 0.5) is 0 Å². The number of halogens is 1. The third kappa shape index (κ3) is 2.90. The molecule has 1 unspecified atom stereocenters. The van der Waals surface area contributed by atoms with Gasteiger partial charge in [-0.15, -0.1) is 12.4 Å². The Labute approximate surface area is 100 Å². The van der Waals surface area contributed by atoms with Crippen molar-refractivity contribution in [1.82, 2.24) is 14.9 Å². The number of amides is 1. The molecule has 1 aromatic heterocycles. The van der Waals surface area contributed by atoms with Crippen molar-refractivity contribution in [3.05, 3.63) is 24.3 Å². The molecule has 0 saturated carbocycles. The lowest BCUT2D eigenvalue weighted by Crippen LogP contribution is -2.45. The smallest absolute Gasteiger partial charge is 0.274 e. The van der Waals surface area contributed by atoms with E-state index in [1.54, 1.807) is 11.1 Å². The van der Waals surface area contributed by atoms with Gasteiger partial charge in [0.2, 0.25) is 0 Å². The van der Waals surface area contributed by atoms with Gasteiger partial charge < -0.3 is 10.6 Å². The molecular formula is C10H15ClN4O. The number of likely N-dealkylation sites (tertiary alicyclic amines) is 1. The van der Waals surface area contributed by atoms with E-state index in [2.05, 4.69) is 9.97 Å². The van der Waals surface area contributed by atoms with E-state index in [0.29, 0.717) is 12.2 Å². The molecule has 1 fully saturated rings. The van der Waals surface area contributed by atoms with Crippen LogP contribution in [0.3, 0.4) is 0 Å². The largest absolute Gasteiger partial charge is 0.336 e. The van der Waals surface area contributed by atoms with Gasteiger partial charge in [-0.3, -0.25) is 9.78 Å². The molecule has 1 atom stereocenters. The van der Waals surface area contributed by atoms with Crippen molar-refractivity contribution in [2.24, 2.45) is 5.73 Å². The second-order valence-electron chi connectivity index (χ2n) is 3.74. The zero-order valence-electron chi connectivity index (χ0n) is 8.87. The molecule has 1 saturated heterocycles. The summed E-state index contributed by atoms with van der Waals surface area (Å²) in [5, 5.41) is 0. The van der Waals surface area contributed by atoms with Gasteiger partial charge in [0.05, 0.1) is 6.20 Å². The molecule has 88 valence electrons. The van der Waals surface area contributed by atoms with Crippen molar-refractivity contribution in [2.45, 2.75) is 18.9 Å². The van der Waals surface area contributed by atoms with E-state index in [4.69, 9.17) is 5.73 Å². The summed E-state index contributed by atoms with van der Waals surface area (Å²) in [6, 6.07) is 0.0966. The minimum atomic E-state index is -0.0711. The second kappa shape index (κ2) is 5.77.